The van der Waals surface area contributed by atoms with Crippen LogP contribution in [0.5, 0.6) is 0 Å². The molecule has 1 fully saturated rings. The van der Waals surface area contributed by atoms with E-state index in [0.717, 1.165) is 24.0 Å². The van der Waals surface area contributed by atoms with E-state index >= 15 is 0 Å². The number of halogens is 1. The molecule has 1 aromatic rings. The van der Waals surface area contributed by atoms with Gasteiger partial charge in [-0.05, 0) is 38.5 Å². The van der Waals surface area contributed by atoms with E-state index in [2.05, 4.69) is 58.2 Å². The maximum atomic E-state index is 9.08. The first-order chi connectivity index (χ1) is 8.53. The van der Waals surface area contributed by atoms with Crippen molar-refractivity contribution in [3.63, 3.8) is 0 Å². The van der Waals surface area contributed by atoms with E-state index in [1.54, 1.807) is 0 Å². The summed E-state index contributed by atoms with van der Waals surface area (Å²) in [4.78, 5) is 2.43. The number of anilines is 1. The van der Waals surface area contributed by atoms with Gasteiger partial charge < -0.3 is 15.3 Å². The quantitative estimate of drug-likeness (QED) is 0.899. The summed E-state index contributed by atoms with van der Waals surface area (Å²) in [6.45, 7) is 6.60. The van der Waals surface area contributed by atoms with Crippen LogP contribution in [0, 0.1) is 0 Å². The summed E-state index contributed by atoms with van der Waals surface area (Å²) >= 11 is 3.53. The van der Waals surface area contributed by atoms with Gasteiger partial charge >= 0.3 is 0 Å². The van der Waals surface area contributed by atoms with Crippen LogP contribution in [0.3, 0.4) is 0 Å². The number of aliphatic hydroxyl groups is 1. The number of piperazine rings is 1. The summed E-state index contributed by atoms with van der Waals surface area (Å²) in [5, 5.41) is 12.6. The van der Waals surface area contributed by atoms with Crippen LogP contribution in [0.4, 0.5) is 5.69 Å². The van der Waals surface area contributed by atoms with Crippen molar-refractivity contribution in [2.45, 2.75) is 31.8 Å². The van der Waals surface area contributed by atoms with Gasteiger partial charge in [-0.1, -0.05) is 22.0 Å². The highest BCUT2D eigenvalue weighted by Crippen LogP contribution is 2.29. The van der Waals surface area contributed by atoms with Crippen LogP contribution in [-0.2, 0) is 0 Å². The van der Waals surface area contributed by atoms with Crippen LogP contribution in [0.25, 0.3) is 0 Å². The van der Waals surface area contributed by atoms with E-state index in [1.165, 1.54) is 5.69 Å². The van der Waals surface area contributed by atoms with E-state index in [9.17, 15) is 0 Å². The molecule has 0 amide bonds. The minimum absolute atomic E-state index is 0.0900. The van der Waals surface area contributed by atoms with Gasteiger partial charge in [-0.3, -0.25) is 0 Å². The van der Waals surface area contributed by atoms with E-state index in [4.69, 9.17) is 5.11 Å². The normalized spacial score (nSPS) is 23.1. The Morgan fingerprint density at radius 2 is 2.28 bits per heavy atom. The highest BCUT2D eigenvalue weighted by molar-refractivity contribution is 9.10. The zero-order valence-corrected chi connectivity index (χ0v) is 12.6. The largest absolute Gasteiger partial charge is 0.396 e. The molecule has 0 aromatic heterocycles. The lowest BCUT2D eigenvalue weighted by Crippen LogP contribution is -2.62. The SMILES string of the molecule is CC1(C)CNC(CCO)CN1c1cccc(Br)c1. The van der Waals surface area contributed by atoms with Crippen LogP contribution in [0.2, 0.25) is 0 Å². The fourth-order valence-electron chi connectivity index (χ4n) is 2.47. The first kappa shape index (κ1) is 13.8. The maximum Gasteiger partial charge on any atom is 0.0471 e. The molecule has 2 N–H and O–H groups in total. The molecule has 1 aliphatic rings. The number of benzene rings is 1. The molecule has 1 aromatic carbocycles. The third-order valence-corrected chi connectivity index (χ3v) is 4.05. The average molecular weight is 313 g/mol. The van der Waals surface area contributed by atoms with E-state index < -0.39 is 0 Å². The minimum Gasteiger partial charge on any atom is -0.396 e. The second-order valence-corrected chi connectivity index (χ2v) is 6.41. The molecule has 1 atom stereocenters. The number of hydrogen-bond acceptors (Lipinski definition) is 3. The van der Waals surface area contributed by atoms with E-state index in [0.29, 0.717) is 6.04 Å². The van der Waals surface area contributed by atoms with Crippen LogP contribution in [0.15, 0.2) is 28.7 Å². The topological polar surface area (TPSA) is 35.5 Å². The van der Waals surface area contributed by atoms with Crippen molar-refractivity contribution in [3.05, 3.63) is 28.7 Å². The molecule has 18 heavy (non-hydrogen) atoms. The summed E-state index contributed by atoms with van der Waals surface area (Å²) < 4.78 is 1.10. The van der Waals surface area contributed by atoms with Gasteiger partial charge in [0.25, 0.3) is 0 Å². The smallest absolute Gasteiger partial charge is 0.0471 e. The second-order valence-electron chi connectivity index (χ2n) is 5.49. The molecular weight excluding hydrogens is 292 g/mol. The summed E-state index contributed by atoms with van der Waals surface area (Å²) in [5.74, 6) is 0. The molecule has 1 unspecified atom stereocenters. The van der Waals surface area contributed by atoms with Crippen LogP contribution >= 0.6 is 15.9 Å². The Balaban J connectivity index is 2.21. The lowest BCUT2D eigenvalue weighted by atomic mass is 9.95. The van der Waals surface area contributed by atoms with Gasteiger partial charge in [-0.2, -0.15) is 0 Å². The Morgan fingerprint density at radius 1 is 1.50 bits per heavy atom. The maximum absolute atomic E-state index is 9.08. The fraction of sp³-hybridized carbons (Fsp3) is 0.571. The number of aliphatic hydroxyl groups excluding tert-OH is 1. The number of rotatable bonds is 3. The van der Waals surface area contributed by atoms with E-state index in [1.807, 2.05) is 6.07 Å². The Hall–Kier alpha value is -0.580. The third kappa shape index (κ3) is 3.05. The molecule has 1 saturated heterocycles. The number of nitrogens with one attached hydrogen (secondary N) is 1. The first-order valence-electron chi connectivity index (χ1n) is 6.40. The Kier molecular flexibility index (Phi) is 4.30. The van der Waals surface area contributed by atoms with Crippen molar-refractivity contribution in [2.75, 3.05) is 24.6 Å². The molecule has 0 bridgehead atoms. The Labute approximate surface area is 117 Å². The van der Waals surface area contributed by atoms with Crippen LogP contribution in [-0.4, -0.2) is 36.4 Å². The summed E-state index contributed by atoms with van der Waals surface area (Å²) in [6, 6.07) is 8.78. The molecule has 0 saturated carbocycles. The molecule has 0 spiro atoms. The molecule has 0 aliphatic carbocycles. The Morgan fingerprint density at radius 3 is 2.94 bits per heavy atom. The second kappa shape index (κ2) is 5.59. The fourth-order valence-corrected chi connectivity index (χ4v) is 2.86. The summed E-state index contributed by atoms with van der Waals surface area (Å²) in [5.41, 5.74) is 1.33. The van der Waals surface area contributed by atoms with Gasteiger partial charge in [0.15, 0.2) is 0 Å². The van der Waals surface area contributed by atoms with Gasteiger partial charge in [0.1, 0.15) is 0 Å². The Bertz CT molecular complexity index is 409. The van der Waals surface area contributed by atoms with Gasteiger partial charge in [0.05, 0.1) is 0 Å². The minimum atomic E-state index is 0.0900. The van der Waals surface area contributed by atoms with Crippen molar-refractivity contribution in [3.8, 4) is 0 Å². The number of hydrogen-bond donors (Lipinski definition) is 2. The van der Waals surface area contributed by atoms with Crippen LogP contribution in [0.1, 0.15) is 20.3 Å². The molecule has 3 nitrogen and oxygen atoms in total. The van der Waals surface area contributed by atoms with Crippen molar-refractivity contribution >= 4 is 21.6 Å². The molecular formula is C14H21BrN2O. The van der Waals surface area contributed by atoms with Gasteiger partial charge in [0.2, 0.25) is 0 Å². The molecule has 100 valence electrons. The molecule has 0 radical (unpaired) electrons. The van der Waals surface area contributed by atoms with Crippen molar-refractivity contribution in [1.82, 2.24) is 5.32 Å². The van der Waals surface area contributed by atoms with Gasteiger partial charge in [-0.15, -0.1) is 0 Å². The van der Waals surface area contributed by atoms with Gasteiger partial charge in [-0.25, -0.2) is 0 Å². The average Bonchev–Trinajstić information content (AvgIpc) is 2.31. The lowest BCUT2D eigenvalue weighted by molar-refractivity contribution is 0.239. The molecule has 2 rings (SSSR count). The zero-order chi connectivity index (χ0) is 13.2. The molecule has 1 aliphatic heterocycles. The van der Waals surface area contributed by atoms with Gasteiger partial charge in [0, 0.05) is 41.4 Å². The van der Waals surface area contributed by atoms with Crippen LogP contribution < -0.4 is 10.2 Å². The summed E-state index contributed by atoms with van der Waals surface area (Å²) in [7, 11) is 0. The molecule has 1 heterocycles. The zero-order valence-electron chi connectivity index (χ0n) is 11.0. The highest BCUT2D eigenvalue weighted by atomic mass is 79.9. The number of nitrogens with zero attached hydrogens (tertiary/aromatic N) is 1. The standard InChI is InChI=1S/C14H21BrN2O/c1-14(2)10-16-12(6-7-18)9-17(14)13-5-3-4-11(15)8-13/h3-5,8,12,16,18H,6-7,9-10H2,1-2H3. The summed E-state index contributed by atoms with van der Waals surface area (Å²) in [6.07, 6.45) is 0.806. The predicted octanol–water partition coefficient (Wildman–Crippen LogP) is 2.39. The monoisotopic (exact) mass is 312 g/mol. The van der Waals surface area contributed by atoms with Crippen molar-refractivity contribution in [2.24, 2.45) is 0 Å². The van der Waals surface area contributed by atoms with Crippen molar-refractivity contribution in [1.29, 1.82) is 0 Å². The third-order valence-electron chi connectivity index (χ3n) is 3.55. The highest BCUT2D eigenvalue weighted by Gasteiger charge is 2.33. The molecule has 4 heteroatoms. The van der Waals surface area contributed by atoms with Crippen molar-refractivity contribution < 1.29 is 5.11 Å². The predicted molar refractivity (Wildman–Crippen MR) is 79.1 cm³/mol. The van der Waals surface area contributed by atoms with E-state index in [-0.39, 0.29) is 12.1 Å². The first-order valence-corrected chi connectivity index (χ1v) is 7.20. The lowest BCUT2D eigenvalue weighted by Gasteiger charge is -2.47.